The largest absolute Gasteiger partial charge is 0.308 e. The molecule has 104 valence electrons. The number of Topliss-reactive ketones (excluding diaryl/α,β-unsaturated/α-hetero) is 1. The minimum atomic E-state index is -0.0465. The van der Waals surface area contributed by atoms with Crippen molar-refractivity contribution in [2.75, 3.05) is 6.54 Å². The molecule has 1 aliphatic rings. The summed E-state index contributed by atoms with van der Waals surface area (Å²) in [5.74, 6) is 0.300. The number of hydrogen-bond donors (Lipinski definition) is 1. The van der Waals surface area contributed by atoms with Crippen LogP contribution in [0.4, 0.5) is 0 Å². The van der Waals surface area contributed by atoms with Crippen LogP contribution in [0.3, 0.4) is 0 Å². The first-order valence-electron chi connectivity index (χ1n) is 7.13. The lowest BCUT2D eigenvalue weighted by Crippen LogP contribution is -2.34. The van der Waals surface area contributed by atoms with Crippen molar-refractivity contribution >= 4 is 5.78 Å². The maximum absolute atomic E-state index is 12.3. The fourth-order valence-corrected chi connectivity index (χ4v) is 2.56. The molecule has 0 bridgehead atoms. The van der Waals surface area contributed by atoms with E-state index in [1.165, 1.54) is 0 Å². The van der Waals surface area contributed by atoms with Crippen LogP contribution >= 0.6 is 0 Å². The Balaban J connectivity index is 2.23. The summed E-state index contributed by atoms with van der Waals surface area (Å²) >= 11 is 0. The zero-order chi connectivity index (χ0) is 14.0. The summed E-state index contributed by atoms with van der Waals surface area (Å²) in [6.07, 6.45) is 3.86. The Bertz CT molecular complexity index is 445. The van der Waals surface area contributed by atoms with Gasteiger partial charge >= 0.3 is 0 Å². The molecule has 0 saturated carbocycles. The Kier molecular flexibility index (Phi) is 4.04. The quantitative estimate of drug-likeness (QED) is 0.844. The van der Waals surface area contributed by atoms with E-state index in [0.29, 0.717) is 5.78 Å². The summed E-state index contributed by atoms with van der Waals surface area (Å²) in [6, 6.07) is 4.09. The number of nitrogens with zero attached hydrogens (tertiary/aromatic N) is 1. The van der Waals surface area contributed by atoms with E-state index in [1.54, 1.807) is 0 Å². The minimum Gasteiger partial charge on any atom is -0.308 e. The van der Waals surface area contributed by atoms with Gasteiger partial charge in [-0.3, -0.25) is 9.78 Å². The monoisotopic (exact) mass is 260 g/mol. The molecule has 0 aromatic carbocycles. The van der Waals surface area contributed by atoms with Crippen molar-refractivity contribution < 1.29 is 4.79 Å². The van der Waals surface area contributed by atoms with Crippen molar-refractivity contribution in [1.82, 2.24) is 10.3 Å². The summed E-state index contributed by atoms with van der Waals surface area (Å²) < 4.78 is 0. The van der Waals surface area contributed by atoms with E-state index in [4.69, 9.17) is 0 Å². The average Bonchev–Trinajstić information content (AvgIpc) is 2.52. The SMILES string of the molecule is CC1NCCCC(c2ccc(C(C)(C)C)nc2)C1=O. The van der Waals surface area contributed by atoms with Crippen LogP contribution in [0.15, 0.2) is 18.3 Å². The molecule has 19 heavy (non-hydrogen) atoms. The van der Waals surface area contributed by atoms with E-state index in [0.717, 1.165) is 30.6 Å². The summed E-state index contributed by atoms with van der Waals surface area (Å²) in [6.45, 7) is 9.34. The molecule has 1 saturated heterocycles. The molecule has 1 aliphatic heterocycles. The molecule has 1 fully saturated rings. The van der Waals surface area contributed by atoms with Crippen molar-refractivity contribution in [1.29, 1.82) is 0 Å². The molecule has 1 N–H and O–H groups in total. The number of carbonyl (C=O) groups is 1. The number of aromatic nitrogens is 1. The van der Waals surface area contributed by atoms with Gasteiger partial charge in [-0.05, 0) is 37.9 Å². The molecule has 1 aromatic rings. The number of ketones is 1. The minimum absolute atomic E-state index is 0.00604. The van der Waals surface area contributed by atoms with Gasteiger partial charge < -0.3 is 5.32 Å². The Morgan fingerprint density at radius 3 is 2.63 bits per heavy atom. The van der Waals surface area contributed by atoms with Crippen molar-refractivity contribution in [3.05, 3.63) is 29.6 Å². The highest BCUT2D eigenvalue weighted by Gasteiger charge is 2.28. The van der Waals surface area contributed by atoms with Gasteiger partial charge in [0, 0.05) is 23.2 Å². The van der Waals surface area contributed by atoms with Crippen LogP contribution in [-0.4, -0.2) is 23.4 Å². The molecule has 0 aliphatic carbocycles. The van der Waals surface area contributed by atoms with Crippen LogP contribution in [0, 0.1) is 0 Å². The topological polar surface area (TPSA) is 42.0 Å². The third-order valence-electron chi connectivity index (χ3n) is 3.85. The van der Waals surface area contributed by atoms with Gasteiger partial charge in [-0.15, -0.1) is 0 Å². The van der Waals surface area contributed by atoms with Crippen LogP contribution in [0.5, 0.6) is 0 Å². The zero-order valence-corrected chi connectivity index (χ0v) is 12.4. The Hall–Kier alpha value is -1.22. The highest BCUT2D eigenvalue weighted by molar-refractivity contribution is 5.90. The molecule has 0 amide bonds. The number of carbonyl (C=O) groups excluding carboxylic acids is 1. The molecule has 1 aromatic heterocycles. The molecule has 3 nitrogen and oxygen atoms in total. The second-order valence-corrected chi connectivity index (χ2v) is 6.50. The third kappa shape index (κ3) is 3.21. The first kappa shape index (κ1) is 14.2. The van der Waals surface area contributed by atoms with Gasteiger partial charge in [-0.25, -0.2) is 0 Å². The van der Waals surface area contributed by atoms with Gasteiger partial charge in [0.25, 0.3) is 0 Å². The standard InChI is InChI=1S/C16H24N2O/c1-11-15(19)13(6-5-9-17-11)12-7-8-14(18-10-12)16(2,3)4/h7-8,10-11,13,17H,5-6,9H2,1-4H3. The number of nitrogens with one attached hydrogen (secondary N) is 1. The van der Waals surface area contributed by atoms with E-state index in [2.05, 4.69) is 43.2 Å². The van der Waals surface area contributed by atoms with E-state index >= 15 is 0 Å². The first-order chi connectivity index (χ1) is 8.89. The molecule has 2 rings (SSSR count). The van der Waals surface area contributed by atoms with E-state index in [1.807, 2.05) is 13.1 Å². The molecule has 2 atom stereocenters. The molecule has 2 heterocycles. The Morgan fingerprint density at radius 2 is 2.05 bits per heavy atom. The molecule has 2 unspecified atom stereocenters. The average molecular weight is 260 g/mol. The summed E-state index contributed by atoms with van der Waals surface area (Å²) in [7, 11) is 0. The van der Waals surface area contributed by atoms with E-state index in [9.17, 15) is 4.79 Å². The van der Waals surface area contributed by atoms with Crippen molar-refractivity contribution in [2.45, 2.75) is 57.9 Å². The fourth-order valence-electron chi connectivity index (χ4n) is 2.56. The molecular weight excluding hydrogens is 236 g/mol. The number of hydrogen-bond acceptors (Lipinski definition) is 3. The Labute approximate surface area is 115 Å². The predicted molar refractivity (Wildman–Crippen MR) is 77.4 cm³/mol. The van der Waals surface area contributed by atoms with Gasteiger partial charge in [-0.2, -0.15) is 0 Å². The van der Waals surface area contributed by atoms with E-state index in [-0.39, 0.29) is 17.4 Å². The van der Waals surface area contributed by atoms with E-state index < -0.39 is 0 Å². The molecule has 0 spiro atoms. The van der Waals surface area contributed by atoms with Crippen LogP contribution < -0.4 is 5.32 Å². The number of rotatable bonds is 1. The van der Waals surface area contributed by atoms with Gasteiger partial charge in [0.15, 0.2) is 5.78 Å². The second-order valence-electron chi connectivity index (χ2n) is 6.50. The summed E-state index contributed by atoms with van der Waals surface area (Å²) in [5, 5.41) is 3.26. The van der Waals surface area contributed by atoms with Gasteiger partial charge in [-0.1, -0.05) is 26.8 Å². The van der Waals surface area contributed by atoms with Crippen LogP contribution in [0.25, 0.3) is 0 Å². The van der Waals surface area contributed by atoms with Gasteiger partial charge in [0.05, 0.1) is 6.04 Å². The lowest BCUT2D eigenvalue weighted by molar-refractivity contribution is -0.121. The van der Waals surface area contributed by atoms with Crippen molar-refractivity contribution in [2.24, 2.45) is 0 Å². The molecular formula is C16H24N2O. The van der Waals surface area contributed by atoms with Gasteiger partial charge in [0.1, 0.15) is 0 Å². The second kappa shape index (κ2) is 5.41. The van der Waals surface area contributed by atoms with Crippen molar-refractivity contribution in [3.63, 3.8) is 0 Å². The predicted octanol–water partition coefficient (Wildman–Crippen LogP) is 2.80. The van der Waals surface area contributed by atoms with Crippen LogP contribution in [-0.2, 0) is 10.2 Å². The van der Waals surface area contributed by atoms with Crippen LogP contribution in [0.2, 0.25) is 0 Å². The fraction of sp³-hybridized carbons (Fsp3) is 0.625. The lowest BCUT2D eigenvalue weighted by atomic mass is 9.87. The third-order valence-corrected chi connectivity index (χ3v) is 3.85. The van der Waals surface area contributed by atoms with Gasteiger partial charge in [0.2, 0.25) is 0 Å². The molecule has 0 radical (unpaired) electrons. The lowest BCUT2D eigenvalue weighted by Gasteiger charge is -2.20. The van der Waals surface area contributed by atoms with Crippen molar-refractivity contribution in [3.8, 4) is 0 Å². The number of pyridine rings is 1. The normalized spacial score (nSPS) is 25.2. The van der Waals surface area contributed by atoms with Crippen LogP contribution in [0.1, 0.15) is 57.7 Å². The maximum Gasteiger partial charge on any atom is 0.156 e. The Morgan fingerprint density at radius 1 is 1.32 bits per heavy atom. The highest BCUT2D eigenvalue weighted by Crippen LogP contribution is 2.27. The summed E-state index contributed by atoms with van der Waals surface area (Å²) in [4.78, 5) is 16.9. The molecule has 3 heteroatoms. The zero-order valence-electron chi connectivity index (χ0n) is 12.4. The smallest absolute Gasteiger partial charge is 0.156 e. The maximum atomic E-state index is 12.3. The first-order valence-corrected chi connectivity index (χ1v) is 7.13. The summed E-state index contributed by atoms with van der Waals surface area (Å²) in [5.41, 5.74) is 2.19. The highest BCUT2D eigenvalue weighted by atomic mass is 16.1.